The lowest BCUT2D eigenvalue weighted by Crippen LogP contribution is -2.30. The fraction of sp³-hybridized carbons (Fsp3) is 1.00. The summed E-state index contributed by atoms with van der Waals surface area (Å²) in [4.78, 5) is 5.11. The van der Waals surface area contributed by atoms with Crippen LogP contribution < -0.4 is 0 Å². The SMILES string of the molecule is CCN1CCCCN(CCCC(C)C)CCOCC1. The molecular weight excluding hydrogens is 236 g/mol. The van der Waals surface area contributed by atoms with Crippen LogP contribution in [0.3, 0.4) is 0 Å². The van der Waals surface area contributed by atoms with Gasteiger partial charge in [0.05, 0.1) is 13.2 Å². The smallest absolute Gasteiger partial charge is 0.0594 e. The van der Waals surface area contributed by atoms with Crippen LogP contribution in [0.2, 0.25) is 0 Å². The van der Waals surface area contributed by atoms with Crippen molar-refractivity contribution in [2.75, 3.05) is 52.5 Å². The second-order valence-electron chi connectivity index (χ2n) is 6.13. The number of hydrogen-bond donors (Lipinski definition) is 0. The normalized spacial score (nSPS) is 21.5. The Hall–Kier alpha value is -0.120. The molecule has 1 aliphatic rings. The Balaban J connectivity index is 2.26. The van der Waals surface area contributed by atoms with Crippen LogP contribution in [0.5, 0.6) is 0 Å². The predicted molar refractivity (Wildman–Crippen MR) is 82.7 cm³/mol. The van der Waals surface area contributed by atoms with Crippen LogP contribution in [-0.4, -0.2) is 62.3 Å². The van der Waals surface area contributed by atoms with Gasteiger partial charge in [0, 0.05) is 13.1 Å². The van der Waals surface area contributed by atoms with Crippen molar-refractivity contribution in [2.24, 2.45) is 5.92 Å². The van der Waals surface area contributed by atoms with Crippen LogP contribution in [0.15, 0.2) is 0 Å². The zero-order chi connectivity index (χ0) is 13.9. The maximum absolute atomic E-state index is 5.77. The molecule has 19 heavy (non-hydrogen) atoms. The summed E-state index contributed by atoms with van der Waals surface area (Å²) in [7, 11) is 0. The third-order valence-electron chi connectivity index (χ3n) is 4.01. The van der Waals surface area contributed by atoms with Gasteiger partial charge in [0.15, 0.2) is 0 Å². The lowest BCUT2D eigenvalue weighted by atomic mass is 10.1. The highest BCUT2D eigenvalue weighted by atomic mass is 16.5. The second-order valence-corrected chi connectivity index (χ2v) is 6.13. The first-order valence-corrected chi connectivity index (χ1v) is 8.24. The number of nitrogens with zero attached hydrogens (tertiary/aromatic N) is 2. The van der Waals surface area contributed by atoms with Crippen molar-refractivity contribution in [2.45, 2.75) is 46.5 Å². The zero-order valence-electron chi connectivity index (χ0n) is 13.4. The molecule has 0 saturated carbocycles. The Labute approximate surface area is 120 Å². The minimum atomic E-state index is 0.832. The van der Waals surface area contributed by atoms with E-state index < -0.39 is 0 Å². The van der Waals surface area contributed by atoms with Crippen molar-refractivity contribution in [1.82, 2.24) is 9.80 Å². The van der Waals surface area contributed by atoms with E-state index in [1.807, 2.05) is 0 Å². The molecule has 1 rings (SSSR count). The minimum Gasteiger partial charge on any atom is -0.379 e. The molecule has 3 nitrogen and oxygen atoms in total. The summed E-state index contributed by atoms with van der Waals surface area (Å²) in [6.07, 6.45) is 5.34. The Kier molecular flexibility index (Phi) is 9.48. The summed E-state index contributed by atoms with van der Waals surface area (Å²) in [5, 5.41) is 0. The molecule has 0 atom stereocenters. The van der Waals surface area contributed by atoms with Crippen LogP contribution in [0.1, 0.15) is 46.5 Å². The molecule has 0 aliphatic carbocycles. The molecule has 0 spiro atoms. The third-order valence-corrected chi connectivity index (χ3v) is 4.01. The van der Waals surface area contributed by atoms with Crippen molar-refractivity contribution < 1.29 is 4.74 Å². The van der Waals surface area contributed by atoms with Gasteiger partial charge in [0.2, 0.25) is 0 Å². The quantitative estimate of drug-likeness (QED) is 0.764. The molecule has 1 aliphatic heterocycles. The van der Waals surface area contributed by atoms with Gasteiger partial charge in [-0.05, 0) is 57.8 Å². The average Bonchev–Trinajstić information content (AvgIpc) is 2.43. The van der Waals surface area contributed by atoms with Crippen molar-refractivity contribution >= 4 is 0 Å². The Morgan fingerprint density at radius 3 is 2.21 bits per heavy atom. The topological polar surface area (TPSA) is 15.7 Å². The summed E-state index contributed by atoms with van der Waals surface area (Å²) in [6.45, 7) is 15.8. The van der Waals surface area contributed by atoms with Gasteiger partial charge in [-0.1, -0.05) is 20.8 Å². The first kappa shape index (κ1) is 16.9. The second kappa shape index (κ2) is 10.6. The standard InChI is InChI=1S/C16H34N2O/c1-4-17-9-5-6-10-18(11-7-8-16(2)3)13-15-19-14-12-17/h16H,4-15H2,1-3H3. The molecule has 0 N–H and O–H groups in total. The largest absolute Gasteiger partial charge is 0.379 e. The molecule has 3 heteroatoms. The molecular formula is C16H34N2O. The van der Waals surface area contributed by atoms with Gasteiger partial charge in [-0.2, -0.15) is 0 Å². The van der Waals surface area contributed by atoms with E-state index in [0.717, 1.165) is 38.8 Å². The van der Waals surface area contributed by atoms with Crippen molar-refractivity contribution in [3.05, 3.63) is 0 Å². The van der Waals surface area contributed by atoms with Gasteiger partial charge >= 0.3 is 0 Å². The number of hydrogen-bond acceptors (Lipinski definition) is 3. The van der Waals surface area contributed by atoms with E-state index in [2.05, 4.69) is 30.6 Å². The van der Waals surface area contributed by atoms with Crippen LogP contribution >= 0.6 is 0 Å². The van der Waals surface area contributed by atoms with Crippen LogP contribution in [0, 0.1) is 5.92 Å². The summed E-state index contributed by atoms with van der Waals surface area (Å²) in [6, 6.07) is 0. The van der Waals surface area contributed by atoms with E-state index in [1.54, 1.807) is 0 Å². The van der Waals surface area contributed by atoms with E-state index in [4.69, 9.17) is 4.74 Å². The van der Waals surface area contributed by atoms with Gasteiger partial charge in [-0.3, -0.25) is 0 Å². The molecule has 0 radical (unpaired) electrons. The van der Waals surface area contributed by atoms with E-state index in [1.165, 1.54) is 45.3 Å². The number of ether oxygens (including phenoxy) is 1. The number of rotatable bonds is 5. The van der Waals surface area contributed by atoms with Crippen LogP contribution in [0.25, 0.3) is 0 Å². The molecule has 1 saturated heterocycles. The summed E-state index contributed by atoms with van der Waals surface area (Å²) in [5.41, 5.74) is 0. The molecule has 0 aromatic carbocycles. The fourth-order valence-corrected chi connectivity index (χ4v) is 2.65. The molecule has 0 unspecified atom stereocenters. The fourth-order valence-electron chi connectivity index (χ4n) is 2.65. The van der Waals surface area contributed by atoms with Crippen molar-refractivity contribution in [1.29, 1.82) is 0 Å². The lowest BCUT2D eigenvalue weighted by molar-refractivity contribution is 0.0888. The highest BCUT2D eigenvalue weighted by Gasteiger charge is 2.09. The van der Waals surface area contributed by atoms with Gasteiger partial charge in [-0.25, -0.2) is 0 Å². The molecule has 0 bridgehead atoms. The zero-order valence-corrected chi connectivity index (χ0v) is 13.4. The molecule has 1 heterocycles. The maximum Gasteiger partial charge on any atom is 0.0594 e. The van der Waals surface area contributed by atoms with E-state index in [9.17, 15) is 0 Å². The maximum atomic E-state index is 5.77. The van der Waals surface area contributed by atoms with Gasteiger partial charge < -0.3 is 14.5 Å². The average molecular weight is 270 g/mol. The number of likely N-dealkylation sites (N-methyl/N-ethyl adjacent to an activating group) is 1. The van der Waals surface area contributed by atoms with Crippen molar-refractivity contribution in [3.8, 4) is 0 Å². The van der Waals surface area contributed by atoms with Crippen molar-refractivity contribution in [3.63, 3.8) is 0 Å². The minimum absolute atomic E-state index is 0.832. The molecule has 0 aromatic heterocycles. The molecule has 0 aromatic rings. The lowest BCUT2D eigenvalue weighted by Gasteiger charge is -2.22. The third kappa shape index (κ3) is 8.61. The molecule has 0 amide bonds. The van der Waals surface area contributed by atoms with Gasteiger partial charge in [-0.15, -0.1) is 0 Å². The van der Waals surface area contributed by atoms with Crippen LogP contribution in [0.4, 0.5) is 0 Å². The monoisotopic (exact) mass is 270 g/mol. The predicted octanol–water partition coefficient (Wildman–Crippen LogP) is 2.86. The molecule has 114 valence electrons. The highest BCUT2D eigenvalue weighted by molar-refractivity contribution is 4.63. The van der Waals surface area contributed by atoms with Crippen LogP contribution in [-0.2, 0) is 4.74 Å². The summed E-state index contributed by atoms with van der Waals surface area (Å²) in [5.74, 6) is 0.832. The summed E-state index contributed by atoms with van der Waals surface area (Å²) < 4.78 is 5.77. The Morgan fingerprint density at radius 1 is 0.947 bits per heavy atom. The van der Waals surface area contributed by atoms with E-state index in [0.29, 0.717) is 0 Å². The molecule has 1 fully saturated rings. The highest BCUT2D eigenvalue weighted by Crippen LogP contribution is 2.07. The van der Waals surface area contributed by atoms with Gasteiger partial charge in [0.25, 0.3) is 0 Å². The summed E-state index contributed by atoms with van der Waals surface area (Å²) >= 11 is 0. The van der Waals surface area contributed by atoms with Gasteiger partial charge in [0.1, 0.15) is 0 Å². The first-order valence-electron chi connectivity index (χ1n) is 8.24. The Bertz CT molecular complexity index is 209. The van der Waals surface area contributed by atoms with E-state index in [-0.39, 0.29) is 0 Å². The first-order chi connectivity index (χ1) is 9.22. The van der Waals surface area contributed by atoms with E-state index >= 15 is 0 Å². The Morgan fingerprint density at radius 2 is 1.58 bits per heavy atom.